The number of thioether (sulfide) groups is 1. The fourth-order valence-electron chi connectivity index (χ4n) is 1.48. The molecule has 0 amide bonds. The molecular weight excluding hydrogens is 314 g/mol. The van der Waals surface area contributed by atoms with Crippen LogP contribution in [0.4, 0.5) is 0 Å². The van der Waals surface area contributed by atoms with Crippen LogP contribution in [0.3, 0.4) is 0 Å². The predicted octanol–water partition coefficient (Wildman–Crippen LogP) is 1.99. The van der Waals surface area contributed by atoms with Gasteiger partial charge in [-0.25, -0.2) is 13.4 Å². The van der Waals surface area contributed by atoms with Gasteiger partial charge in [-0.2, -0.15) is 0 Å². The molecule has 2 rings (SSSR count). The van der Waals surface area contributed by atoms with Gasteiger partial charge in [0.1, 0.15) is 10.2 Å². The lowest BCUT2D eigenvalue weighted by atomic mass is 10.2. The first kappa shape index (κ1) is 15.0. The van der Waals surface area contributed by atoms with Crippen LogP contribution in [-0.2, 0) is 9.84 Å². The monoisotopic (exact) mass is 327 g/mol. The first-order chi connectivity index (χ1) is 9.49. The molecule has 0 atom stereocenters. The lowest BCUT2D eigenvalue weighted by Gasteiger charge is -2.05. The maximum absolute atomic E-state index is 12.1. The highest BCUT2D eigenvalue weighted by molar-refractivity contribution is 8.02. The Hall–Kier alpha value is -1.38. The van der Waals surface area contributed by atoms with E-state index in [-0.39, 0.29) is 16.5 Å². The molecule has 0 spiro atoms. The van der Waals surface area contributed by atoms with Crippen molar-refractivity contribution in [3.05, 3.63) is 41.4 Å². The predicted molar refractivity (Wildman–Crippen MR) is 82.3 cm³/mol. The highest BCUT2D eigenvalue weighted by Gasteiger charge is 2.14. The maximum atomic E-state index is 12.1. The minimum absolute atomic E-state index is 0.0522. The molecule has 2 aromatic rings. The summed E-state index contributed by atoms with van der Waals surface area (Å²) < 4.78 is 25.1. The molecule has 0 aliphatic heterocycles. The Kier molecular flexibility index (Phi) is 4.79. The molecule has 0 saturated carbocycles. The third-order valence-corrected chi connectivity index (χ3v) is 6.47. The van der Waals surface area contributed by atoms with E-state index in [1.807, 2.05) is 5.38 Å². The standard InChI is InChI=1S/C12H13N3O2S3/c13-11(14)9-1-3-10(4-2-9)20(16,17)8-7-19-12-15-5-6-18-12/h1-6H,7-8H2,(H3,13,14). The van der Waals surface area contributed by atoms with Crippen molar-refractivity contribution in [2.45, 2.75) is 9.24 Å². The normalized spacial score (nSPS) is 11.4. The molecule has 1 heterocycles. The fourth-order valence-corrected chi connectivity index (χ4v) is 4.84. The van der Waals surface area contributed by atoms with Gasteiger partial charge in [-0.05, 0) is 12.1 Å². The van der Waals surface area contributed by atoms with Crippen molar-refractivity contribution in [2.24, 2.45) is 5.73 Å². The van der Waals surface area contributed by atoms with E-state index in [9.17, 15) is 8.42 Å². The van der Waals surface area contributed by atoms with Crippen LogP contribution in [0.25, 0.3) is 0 Å². The van der Waals surface area contributed by atoms with Crippen LogP contribution in [0.1, 0.15) is 5.56 Å². The second-order valence-electron chi connectivity index (χ2n) is 3.90. The Balaban J connectivity index is 2.00. The van der Waals surface area contributed by atoms with Crippen molar-refractivity contribution in [2.75, 3.05) is 11.5 Å². The van der Waals surface area contributed by atoms with Gasteiger partial charge in [0.25, 0.3) is 0 Å². The molecule has 0 radical (unpaired) electrons. The minimum atomic E-state index is -3.31. The molecule has 106 valence electrons. The molecule has 1 aromatic heterocycles. The molecule has 8 heteroatoms. The SMILES string of the molecule is N=C(N)c1ccc(S(=O)(=O)CCSc2nccs2)cc1. The summed E-state index contributed by atoms with van der Waals surface area (Å²) in [7, 11) is -3.31. The number of amidine groups is 1. The molecule has 0 bridgehead atoms. The average Bonchev–Trinajstić information content (AvgIpc) is 2.92. The quantitative estimate of drug-likeness (QED) is 0.480. The first-order valence-corrected chi connectivity index (χ1v) is 9.20. The Labute approximate surface area is 125 Å². The zero-order valence-corrected chi connectivity index (χ0v) is 12.9. The van der Waals surface area contributed by atoms with E-state index in [1.54, 1.807) is 18.3 Å². The van der Waals surface area contributed by atoms with E-state index in [1.165, 1.54) is 35.2 Å². The van der Waals surface area contributed by atoms with Crippen molar-refractivity contribution < 1.29 is 8.42 Å². The molecule has 20 heavy (non-hydrogen) atoms. The van der Waals surface area contributed by atoms with Crippen molar-refractivity contribution in [3.63, 3.8) is 0 Å². The number of nitrogens with zero attached hydrogens (tertiary/aromatic N) is 1. The number of aromatic nitrogens is 1. The van der Waals surface area contributed by atoms with E-state index in [4.69, 9.17) is 11.1 Å². The number of hydrogen-bond donors (Lipinski definition) is 2. The largest absolute Gasteiger partial charge is 0.384 e. The summed E-state index contributed by atoms with van der Waals surface area (Å²) in [5.74, 6) is 0.439. The zero-order valence-electron chi connectivity index (χ0n) is 10.4. The van der Waals surface area contributed by atoms with Gasteiger partial charge >= 0.3 is 0 Å². The maximum Gasteiger partial charge on any atom is 0.179 e. The molecule has 5 nitrogen and oxygen atoms in total. The molecular formula is C12H13N3O2S3. The highest BCUT2D eigenvalue weighted by atomic mass is 32.2. The Morgan fingerprint density at radius 2 is 2.05 bits per heavy atom. The van der Waals surface area contributed by atoms with Gasteiger partial charge in [0, 0.05) is 22.9 Å². The highest BCUT2D eigenvalue weighted by Crippen LogP contribution is 2.21. The van der Waals surface area contributed by atoms with E-state index < -0.39 is 9.84 Å². The van der Waals surface area contributed by atoms with E-state index in [0.717, 1.165) is 4.34 Å². The van der Waals surface area contributed by atoms with Crippen LogP contribution in [0.2, 0.25) is 0 Å². The summed E-state index contributed by atoms with van der Waals surface area (Å²) >= 11 is 2.92. The average molecular weight is 327 g/mol. The lowest BCUT2D eigenvalue weighted by molar-refractivity contribution is 0.597. The summed E-state index contributed by atoms with van der Waals surface area (Å²) in [5.41, 5.74) is 5.85. The van der Waals surface area contributed by atoms with Crippen LogP contribution in [-0.4, -0.2) is 30.7 Å². The fraction of sp³-hybridized carbons (Fsp3) is 0.167. The van der Waals surface area contributed by atoms with Crippen molar-refractivity contribution in [1.82, 2.24) is 4.98 Å². The third-order valence-electron chi connectivity index (χ3n) is 2.51. The zero-order chi connectivity index (χ0) is 14.6. The van der Waals surface area contributed by atoms with Crippen LogP contribution >= 0.6 is 23.1 Å². The van der Waals surface area contributed by atoms with Gasteiger partial charge in [0.2, 0.25) is 0 Å². The number of sulfone groups is 1. The van der Waals surface area contributed by atoms with Gasteiger partial charge in [-0.3, -0.25) is 5.41 Å². The van der Waals surface area contributed by atoms with E-state index in [0.29, 0.717) is 11.3 Å². The second-order valence-corrected chi connectivity index (χ2v) is 8.25. The molecule has 0 saturated heterocycles. The molecule has 3 N–H and O–H groups in total. The number of nitrogens with one attached hydrogen (secondary N) is 1. The lowest BCUT2D eigenvalue weighted by Crippen LogP contribution is -2.12. The number of hydrogen-bond acceptors (Lipinski definition) is 6. The van der Waals surface area contributed by atoms with Crippen molar-refractivity contribution in [3.8, 4) is 0 Å². The topological polar surface area (TPSA) is 96.9 Å². The number of nitrogens with two attached hydrogens (primary N) is 1. The van der Waals surface area contributed by atoms with Gasteiger partial charge in [0.15, 0.2) is 9.84 Å². The van der Waals surface area contributed by atoms with E-state index >= 15 is 0 Å². The van der Waals surface area contributed by atoms with Crippen molar-refractivity contribution >= 4 is 38.8 Å². The summed E-state index contributed by atoms with van der Waals surface area (Å²) in [6.45, 7) is 0. The Morgan fingerprint density at radius 3 is 2.60 bits per heavy atom. The smallest absolute Gasteiger partial charge is 0.179 e. The molecule has 0 aliphatic carbocycles. The van der Waals surface area contributed by atoms with Gasteiger partial charge in [-0.1, -0.05) is 23.9 Å². The molecule has 1 aromatic carbocycles. The molecule has 0 fully saturated rings. The number of rotatable bonds is 6. The van der Waals surface area contributed by atoms with Crippen LogP contribution < -0.4 is 5.73 Å². The van der Waals surface area contributed by atoms with Gasteiger partial charge < -0.3 is 5.73 Å². The van der Waals surface area contributed by atoms with Gasteiger partial charge in [0.05, 0.1) is 10.6 Å². The number of thiazole rings is 1. The minimum Gasteiger partial charge on any atom is -0.384 e. The second kappa shape index (κ2) is 6.38. The summed E-state index contributed by atoms with van der Waals surface area (Å²) in [4.78, 5) is 4.34. The third kappa shape index (κ3) is 3.81. The Morgan fingerprint density at radius 1 is 1.35 bits per heavy atom. The number of benzene rings is 1. The Bertz CT molecular complexity index is 679. The van der Waals surface area contributed by atoms with E-state index in [2.05, 4.69) is 4.98 Å². The molecule has 0 aliphatic rings. The van der Waals surface area contributed by atoms with Crippen LogP contribution in [0.5, 0.6) is 0 Å². The van der Waals surface area contributed by atoms with Crippen LogP contribution in [0, 0.1) is 5.41 Å². The van der Waals surface area contributed by atoms with Crippen molar-refractivity contribution in [1.29, 1.82) is 5.41 Å². The van der Waals surface area contributed by atoms with Gasteiger partial charge in [-0.15, -0.1) is 11.3 Å². The summed E-state index contributed by atoms with van der Waals surface area (Å²) in [6.07, 6.45) is 1.70. The first-order valence-electron chi connectivity index (χ1n) is 5.68. The van der Waals surface area contributed by atoms with Crippen LogP contribution in [0.15, 0.2) is 45.1 Å². The number of nitrogen functional groups attached to an aromatic ring is 1. The summed E-state index contributed by atoms with van der Waals surface area (Å²) in [5, 5.41) is 9.13. The summed E-state index contributed by atoms with van der Waals surface area (Å²) in [6, 6.07) is 6.06. The molecule has 0 unspecified atom stereocenters.